The van der Waals surface area contributed by atoms with Crippen molar-refractivity contribution in [1.82, 2.24) is 9.80 Å². The third-order valence-corrected chi connectivity index (χ3v) is 8.62. The summed E-state index contributed by atoms with van der Waals surface area (Å²) in [6, 6.07) is 10.5. The fourth-order valence-corrected chi connectivity index (χ4v) is 6.27. The number of carbonyl (C=O) groups is 2. The summed E-state index contributed by atoms with van der Waals surface area (Å²) in [4.78, 5) is 39.3. The maximum atomic E-state index is 13.2. The van der Waals surface area contributed by atoms with E-state index >= 15 is 0 Å². The second kappa shape index (κ2) is 12.6. The molecule has 4 heterocycles. The highest BCUT2D eigenvalue weighted by Gasteiger charge is 2.40. The Balaban J connectivity index is 0.905. The topological polar surface area (TPSA) is 102 Å². The number of nitrogens with zero attached hydrogens (tertiary/aromatic N) is 4. The molecule has 6 rings (SSSR count). The number of rotatable bonds is 11. The normalized spacial score (nSPS) is 24.1. The molecule has 0 bridgehead atoms. The van der Waals surface area contributed by atoms with Crippen molar-refractivity contribution in [1.29, 1.82) is 0 Å². The Labute approximate surface area is 246 Å². The highest BCUT2D eigenvalue weighted by molar-refractivity contribution is 6.04. The van der Waals surface area contributed by atoms with Crippen molar-refractivity contribution < 1.29 is 28.5 Å². The molecule has 0 spiro atoms. The Bertz CT molecular complexity index is 1270. The summed E-state index contributed by atoms with van der Waals surface area (Å²) in [5.74, 6) is 1.26. The molecule has 222 valence electrons. The number of methoxy groups -OCH3 is 2. The number of fused-ring (bicyclic) bond motifs is 4. The van der Waals surface area contributed by atoms with Crippen molar-refractivity contribution in [2.24, 2.45) is 9.98 Å². The van der Waals surface area contributed by atoms with Crippen molar-refractivity contribution in [2.75, 3.05) is 40.5 Å². The number of ether oxygens (including phenoxy) is 4. The number of hydrogen-bond donors (Lipinski definition) is 0. The lowest BCUT2D eigenvalue weighted by Gasteiger charge is -2.24. The molecule has 4 atom stereocenters. The highest BCUT2D eigenvalue weighted by Crippen LogP contribution is 2.34. The standard InChI is InChI=1S/C32H38N4O6/c1-39-21-7-9-25-23(17-21)31(37)35-13-11-29(27(35)19-33-25)41-15-5-3-4-6-16-42-30-12-14-36-28(30)20-34-26-10-8-22(40-2)18-24(26)32(36)38/h7-10,17-20,27-30H,3-6,11-16H2,1-2H3/t27-,28-,29?,30?/m0/s1. The number of carbonyl (C=O) groups excluding carboxylic acids is 2. The van der Waals surface area contributed by atoms with Crippen molar-refractivity contribution in [3.63, 3.8) is 0 Å². The van der Waals surface area contributed by atoms with Crippen LogP contribution in [0.2, 0.25) is 0 Å². The lowest BCUT2D eigenvalue weighted by molar-refractivity contribution is 0.0359. The molecular weight excluding hydrogens is 536 g/mol. The van der Waals surface area contributed by atoms with Crippen LogP contribution in [0.25, 0.3) is 0 Å². The van der Waals surface area contributed by atoms with E-state index in [2.05, 4.69) is 9.98 Å². The van der Waals surface area contributed by atoms with Crippen LogP contribution in [0.1, 0.15) is 59.2 Å². The highest BCUT2D eigenvalue weighted by atomic mass is 16.5. The van der Waals surface area contributed by atoms with E-state index in [1.807, 2.05) is 46.5 Å². The average Bonchev–Trinajstić information content (AvgIpc) is 3.55. The molecule has 2 unspecified atom stereocenters. The van der Waals surface area contributed by atoms with Crippen LogP contribution in [0.5, 0.6) is 11.5 Å². The van der Waals surface area contributed by atoms with Gasteiger partial charge in [0.1, 0.15) is 11.5 Å². The van der Waals surface area contributed by atoms with Gasteiger partial charge in [0.25, 0.3) is 11.8 Å². The zero-order valence-electron chi connectivity index (χ0n) is 24.2. The first-order chi connectivity index (χ1) is 20.6. The van der Waals surface area contributed by atoms with Crippen molar-refractivity contribution >= 4 is 35.6 Å². The second-order valence-corrected chi connectivity index (χ2v) is 11.1. The quantitative estimate of drug-likeness (QED) is 0.364. The van der Waals surface area contributed by atoms with E-state index < -0.39 is 0 Å². The number of hydrogen-bond acceptors (Lipinski definition) is 8. The molecule has 10 nitrogen and oxygen atoms in total. The number of aliphatic imine (C=N–C) groups is 2. The summed E-state index contributed by atoms with van der Waals surface area (Å²) in [6.07, 6.45) is 9.23. The molecule has 0 saturated carbocycles. The molecule has 2 amide bonds. The molecular formula is C32H38N4O6. The summed E-state index contributed by atoms with van der Waals surface area (Å²) in [7, 11) is 3.19. The molecule has 2 aromatic carbocycles. The lowest BCUT2D eigenvalue weighted by atomic mass is 10.1. The van der Waals surface area contributed by atoms with Crippen LogP contribution in [-0.2, 0) is 9.47 Å². The van der Waals surface area contributed by atoms with Crippen LogP contribution in [0, 0.1) is 0 Å². The molecule has 2 aromatic rings. The van der Waals surface area contributed by atoms with Crippen LogP contribution >= 0.6 is 0 Å². The molecule has 0 N–H and O–H groups in total. The first kappa shape index (κ1) is 28.4. The fraction of sp³-hybridized carbons (Fsp3) is 0.500. The van der Waals surface area contributed by atoms with Gasteiger partial charge in [0.2, 0.25) is 0 Å². The van der Waals surface area contributed by atoms with Gasteiger partial charge in [-0.15, -0.1) is 0 Å². The van der Waals surface area contributed by atoms with Crippen LogP contribution < -0.4 is 9.47 Å². The average molecular weight is 575 g/mol. The van der Waals surface area contributed by atoms with Gasteiger partial charge in [0.15, 0.2) is 0 Å². The minimum absolute atomic E-state index is 0.0212. The van der Waals surface area contributed by atoms with E-state index in [1.165, 1.54) is 0 Å². The molecule has 0 aromatic heterocycles. The van der Waals surface area contributed by atoms with Crippen LogP contribution in [0.3, 0.4) is 0 Å². The molecule has 0 aliphatic carbocycles. The van der Waals surface area contributed by atoms with Gasteiger partial charge in [-0.3, -0.25) is 19.6 Å². The van der Waals surface area contributed by atoms with Gasteiger partial charge < -0.3 is 28.7 Å². The van der Waals surface area contributed by atoms with E-state index in [4.69, 9.17) is 18.9 Å². The summed E-state index contributed by atoms with van der Waals surface area (Å²) in [5, 5.41) is 0. The largest absolute Gasteiger partial charge is 0.497 e. The van der Waals surface area contributed by atoms with Crippen LogP contribution in [0.15, 0.2) is 46.4 Å². The van der Waals surface area contributed by atoms with Gasteiger partial charge in [-0.2, -0.15) is 0 Å². The van der Waals surface area contributed by atoms with E-state index in [9.17, 15) is 9.59 Å². The van der Waals surface area contributed by atoms with Crippen LogP contribution in [0.4, 0.5) is 11.4 Å². The minimum atomic E-state index is -0.149. The minimum Gasteiger partial charge on any atom is -0.497 e. The zero-order chi connectivity index (χ0) is 29.1. The van der Waals surface area contributed by atoms with E-state index in [1.54, 1.807) is 26.4 Å². The second-order valence-electron chi connectivity index (χ2n) is 11.1. The summed E-state index contributed by atoms with van der Waals surface area (Å²) < 4.78 is 23.1. The summed E-state index contributed by atoms with van der Waals surface area (Å²) in [5.41, 5.74) is 2.49. The third kappa shape index (κ3) is 5.65. The number of amides is 2. The smallest absolute Gasteiger partial charge is 0.256 e. The number of unbranched alkanes of at least 4 members (excludes halogenated alkanes) is 3. The Morgan fingerprint density at radius 3 is 1.57 bits per heavy atom. The van der Waals surface area contributed by atoms with Gasteiger partial charge in [0, 0.05) is 38.7 Å². The Morgan fingerprint density at radius 1 is 0.690 bits per heavy atom. The third-order valence-electron chi connectivity index (χ3n) is 8.62. The molecule has 2 fully saturated rings. The van der Waals surface area contributed by atoms with E-state index in [0.717, 1.165) is 38.5 Å². The fourth-order valence-electron chi connectivity index (χ4n) is 6.27. The molecule has 2 saturated heterocycles. The Hall–Kier alpha value is -3.76. The summed E-state index contributed by atoms with van der Waals surface area (Å²) >= 11 is 0. The lowest BCUT2D eigenvalue weighted by Crippen LogP contribution is -2.40. The first-order valence-electron chi connectivity index (χ1n) is 14.9. The van der Waals surface area contributed by atoms with E-state index in [0.29, 0.717) is 60.3 Å². The van der Waals surface area contributed by atoms with Gasteiger partial charge >= 0.3 is 0 Å². The molecule has 10 heteroatoms. The van der Waals surface area contributed by atoms with Crippen molar-refractivity contribution in [3.05, 3.63) is 47.5 Å². The van der Waals surface area contributed by atoms with Gasteiger partial charge in [-0.05, 0) is 62.1 Å². The predicted molar refractivity (Wildman–Crippen MR) is 159 cm³/mol. The number of benzene rings is 2. The molecule has 0 radical (unpaired) electrons. The van der Waals surface area contributed by atoms with Crippen molar-refractivity contribution in [3.8, 4) is 11.5 Å². The molecule has 42 heavy (non-hydrogen) atoms. The maximum absolute atomic E-state index is 13.2. The summed E-state index contributed by atoms with van der Waals surface area (Å²) in [6.45, 7) is 2.62. The van der Waals surface area contributed by atoms with Gasteiger partial charge in [-0.1, -0.05) is 12.8 Å². The van der Waals surface area contributed by atoms with Crippen molar-refractivity contribution in [2.45, 2.75) is 62.8 Å². The van der Waals surface area contributed by atoms with Crippen LogP contribution in [-0.4, -0.2) is 98.9 Å². The Kier molecular flexibility index (Phi) is 8.53. The molecule has 4 aliphatic heterocycles. The monoisotopic (exact) mass is 574 g/mol. The molecule has 4 aliphatic rings. The van der Waals surface area contributed by atoms with Gasteiger partial charge in [0.05, 0.1) is 61.0 Å². The van der Waals surface area contributed by atoms with Gasteiger partial charge in [-0.25, -0.2) is 0 Å². The van der Waals surface area contributed by atoms with E-state index in [-0.39, 0.29) is 36.1 Å². The maximum Gasteiger partial charge on any atom is 0.256 e. The Morgan fingerprint density at radius 2 is 1.14 bits per heavy atom. The zero-order valence-corrected chi connectivity index (χ0v) is 24.2. The SMILES string of the molecule is COc1ccc2c(c1)C(=O)N1CCC(OCCCCCCOC3CCN4C(=O)c5cc(OC)ccc5N=C[C@@H]34)[C@@H]1C=N2. The predicted octanol–water partition coefficient (Wildman–Crippen LogP) is 4.60. The first-order valence-corrected chi connectivity index (χ1v) is 14.9.